The second kappa shape index (κ2) is 11.9. The number of aryl methyl sites for hydroxylation is 4. The maximum atomic E-state index is 9.76. The predicted molar refractivity (Wildman–Crippen MR) is 141 cm³/mol. The molecule has 3 nitrogen and oxygen atoms in total. The van der Waals surface area contributed by atoms with Crippen LogP contribution in [0.1, 0.15) is 70.2 Å². The second-order valence-corrected chi connectivity index (χ2v) is 11.5. The molecular formula is C30H42IrNO2-. The molecule has 2 aromatic carbocycles. The van der Waals surface area contributed by atoms with Gasteiger partial charge in [-0.05, 0) is 54.5 Å². The Morgan fingerprint density at radius 3 is 1.88 bits per heavy atom. The quantitative estimate of drug-likeness (QED) is 0.300. The molecule has 2 unspecified atom stereocenters. The molecule has 3 rings (SSSR count). The zero-order valence-electron chi connectivity index (χ0n) is 22.5. The van der Waals surface area contributed by atoms with Crippen molar-refractivity contribution < 1.29 is 30.3 Å². The largest absolute Gasteiger partial charge is 0.392 e. The van der Waals surface area contributed by atoms with Crippen LogP contribution in [-0.2, 0) is 20.1 Å². The summed E-state index contributed by atoms with van der Waals surface area (Å²) in [5.41, 5.74) is 7.88. The van der Waals surface area contributed by atoms with Crippen LogP contribution >= 0.6 is 0 Å². The molecule has 1 heterocycles. The molecule has 0 fully saturated rings. The number of aromatic nitrogens is 1. The minimum absolute atomic E-state index is 0. The van der Waals surface area contributed by atoms with E-state index in [4.69, 9.17) is 4.98 Å². The molecule has 1 aromatic heterocycles. The summed E-state index contributed by atoms with van der Waals surface area (Å²) in [6.07, 6.45) is -0.434. The average molecular weight is 641 g/mol. The van der Waals surface area contributed by atoms with E-state index in [0.29, 0.717) is 6.42 Å². The Morgan fingerprint density at radius 1 is 0.824 bits per heavy atom. The number of hydrogen-bond acceptors (Lipinski definition) is 3. The van der Waals surface area contributed by atoms with Crippen LogP contribution in [-0.4, -0.2) is 27.4 Å². The standard InChI is InChI=1S/C19H18N.C11H24O2.Ir/c1-12-9-14(3)17-11-15(4)19(20-18(17)10-12)16-8-6-5-7-13(16)2;1-10(2,3)8(12)7-9(13)11(4,5)6;/h5-7,9-11H,1-4H3;8-9,12-13H,7H2,1-6H3;/q-1;;. The van der Waals surface area contributed by atoms with Crippen LogP contribution < -0.4 is 0 Å². The zero-order chi connectivity index (χ0) is 25.1. The summed E-state index contributed by atoms with van der Waals surface area (Å²) in [5, 5.41) is 20.8. The Morgan fingerprint density at radius 2 is 1.38 bits per heavy atom. The van der Waals surface area contributed by atoms with Gasteiger partial charge in [-0.15, -0.1) is 35.4 Å². The van der Waals surface area contributed by atoms with Gasteiger partial charge in [0.1, 0.15) is 0 Å². The van der Waals surface area contributed by atoms with Crippen molar-refractivity contribution in [1.82, 2.24) is 4.98 Å². The van der Waals surface area contributed by atoms with E-state index in [2.05, 4.69) is 58.0 Å². The number of pyridine rings is 1. The van der Waals surface area contributed by atoms with E-state index in [-0.39, 0.29) is 30.9 Å². The van der Waals surface area contributed by atoms with E-state index in [9.17, 15) is 10.2 Å². The van der Waals surface area contributed by atoms with Gasteiger partial charge in [-0.2, -0.15) is 0 Å². The third-order valence-electron chi connectivity index (χ3n) is 6.22. The van der Waals surface area contributed by atoms with Gasteiger partial charge in [0.05, 0.1) is 17.7 Å². The minimum Gasteiger partial charge on any atom is -0.392 e. The molecule has 0 aliphatic carbocycles. The summed E-state index contributed by atoms with van der Waals surface area (Å²) in [4.78, 5) is 4.90. The number of benzene rings is 2. The first-order valence-corrected chi connectivity index (χ1v) is 11.8. The van der Waals surface area contributed by atoms with Crippen LogP contribution in [0.2, 0.25) is 0 Å². The summed E-state index contributed by atoms with van der Waals surface area (Å²) in [7, 11) is 0. The van der Waals surface area contributed by atoms with E-state index in [1.54, 1.807) is 0 Å². The topological polar surface area (TPSA) is 53.4 Å². The van der Waals surface area contributed by atoms with E-state index in [1.165, 1.54) is 27.6 Å². The zero-order valence-corrected chi connectivity index (χ0v) is 24.9. The van der Waals surface area contributed by atoms with Crippen molar-refractivity contribution in [3.63, 3.8) is 0 Å². The number of aliphatic hydroxyl groups excluding tert-OH is 2. The molecular weight excluding hydrogens is 599 g/mol. The second-order valence-electron chi connectivity index (χ2n) is 11.5. The molecule has 34 heavy (non-hydrogen) atoms. The van der Waals surface area contributed by atoms with Crippen LogP contribution in [0.3, 0.4) is 0 Å². The van der Waals surface area contributed by atoms with Gasteiger partial charge >= 0.3 is 0 Å². The number of hydrogen-bond donors (Lipinski definition) is 2. The third-order valence-corrected chi connectivity index (χ3v) is 6.22. The Hall–Kier alpha value is -1.58. The van der Waals surface area contributed by atoms with Crippen LogP contribution in [0.15, 0.2) is 36.4 Å². The Kier molecular flexibility index (Phi) is 10.7. The molecule has 2 atom stereocenters. The summed E-state index contributed by atoms with van der Waals surface area (Å²) in [6.45, 7) is 20.4. The van der Waals surface area contributed by atoms with E-state index >= 15 is 0 Å². The summed E-state index contributed by atoms with van der Waals surface area (Å²) in [6, 6.07) is 16.0. The van der Waals surface area contributed by atoms with Crippen molar-refractivity contribution in [2.24, 2.45) is 10.8 Å². The van der Waals surface area contributed by atoms with E-state index in [1.807, 2.05) is 53.7 Å². The molecule has 1 radical (unpaired) electrons. The monoisotopic (exact) mass is 641 g/mol. The molecule has 2 N–H and O–H groups in total. The van der Waals surface area contributed by atoms with Crippen molar-refractivity contribution in [2.45, 2.75) is 87.9 Å². The molecule has 0 spiro atoms. The van der Waals surface area contributed by atoms with Gasteiger partial charge in [0.15, 0.2) is 0 Å². The van der Waals surface area contributed by atoms with Crippen LogP contribution in [0.4, 0.5) is 0 Å². The van der Waals surface area contributed by atoms with Gasteiger partial charge in [0, 0.05) is 31.9 Å². The third kappa shape index (κ3) is 7.99. The van der Waals surface area contributed by atoms with Crippen molar-refractivity contribution in [3.8, 4) is 11.3 Å². The first-order chi connectivity index (χ1) is 15.1. The summed E-state index contributed by atoms with van der Waals surface area (Å²) in [5.74, 6) is 0. The van der Waals surface area contributed by atoms with Crippen molar-refractivity contribution in [3.05, 3.63) is 64.7 Å². The van der Waals surface area contributed by atoms with E-state index in [0.717, 1.165) is 16.8 Å². The summed E-state index contributed by atoms with van der Waals surface area (Å²) >= 11 is 0. The fraction of sp³-hybridized carbons (Fsp3) is 0.500. The molecule has 0 saturated heterocycles. The fourth-order valence-electron chi connectivity index (χ4n) is 3.68. The van der Waals surface area contributed by atoms with Crippen molar-refractivity contribution in [2.75, 3.05) is 0 Å². The maximum absolute atomic E-state index is 9.76. The Bertz CT molecular complexity index is 1080. The molecule has 3 aromatic rings. The number of nitrogens with zero attached hydrogens (tertiary/aromatic N) is 1. The van der Waals surface area contributed by atoms with E-state index < -0.39 is 12.2 Å². The number of aliphatic hydroxyl groups is 2. The van der Waals surface area contributed by atoms with Crippen LogP contribution in [0.5, 0.6) is 0 Å². The average Bonchev–Trinajstić information content (AvgIpc) is 2.68. The number of rotatable bonds is 3. The van der Waals surface area contributed by atoms with Crippen LogP contribution in [0.25, 0.3) is 22.2 Å². The van der Waals surface area contributed by atoms with Gasteiger partial charge in [0.25, 0.3) is 0 Å². The summed E-state index contributed by atoms with van der Waals surface area (Å²) < 4.78 is 0. The van der Waals surface area contributed by atoms with Crippen LogP contribution in [0, 0.1) is 44.6 Å². The fourth-order valence-corrected chi connectivity index (χ4v) is 3.68. The Labute approximate surface area is 220 Å². The first kappa shape index (κ1) is 30.5. The normalized spacial score (nSPS) is 13.5. The minimum atomic E-state index is -0.443. The molecule has 0 amide bonds. The van der Waals surface area contributed by atoms with Gasteiger partial charge in [-0.1, -0.05) is 66.2 Å². The first-order valence-electron chi connectivity index (χ1n) is 11.8. The molecule has 189 valence electrons. The molecule has 0 bridgehead atoms. The Balaban J connectivity index is 0.000000364. The molecule has 0 aliphatic rings. The smallest absolute Gasteiger partial charge is 0.0613 e. The molecule has 0 aliphatic heterocycles. The van der Waals surface area contributed by atoms with Gasteiger partial charge < -0.3 is 10.2 Å². The maximum Gasteiger partial charge on any atom is 0.0613 e. The van der Waals surface area contributed by atoms with Gasteiger partial charge in [-0.25, -0.2) is 0 Å². The van der Waals surface area contributed by atoms with Gasteiger partial charge in [0.2, 0.25) is 0 Å². The molecule has 0 saturated carbocycles. The van der Waals surface area contributed by atoms with Gasteiger partial charge in [-0.3, -0.25) is 4.98 Å². The predicted octanol–water partition coefficient (Wildman–Crippen LogP) is 7.12. The van der Waals surface area contributed by atoms with Crippen molar-refractivity contribution in [1.29, 1.82) is 0 Å². The number of fused-ring (bicyclic) bond motifs is 1. The van der Waals surface area contributed by atoms with Crippen molar-refractivity contribution >= 4 is 10.9 Å². The molecule has 4 heteroatoms. The SMILES string of the molecule is CC(C)(C)C(O)CC(O)C(C)(C)C.Cc1cc(C)c2cc(C)c(-c3[c-]cccc3C)nc2c1.[Ir].